The highest BCUT2D eigenvalue weighted by molar-refractivity contribution is 7.09. The van der Waals surface area contributed by atoms with Crippen LogP contribution in [-0.2, 0) is 6.54 Å². The van der Waals surface area contributed by atoms with E-state index in [1.165, 1.54) is 0 Å². The first kappa shape index (κ1) is 15.2. The highest BCUT2D eigenvalue weighted by Crippen LogP contribution is 2.15. The van der Waals surface area contributed by atoms with Crippen LogP contribution in [0.5, 0.6) is 0 Å². The molecule has 0 spiro atoms. The minimum absolute atomic E-state index is 0.207. The molecule has 3 rings (SSSR count). The van der Waals surface area contributed by atoms with E-state index in [9.17, 15) is 9.59 Å². The molecule has 2 aromatic heterocycles. The predicted molar refractivity (Wildman–Crippen MR) is 93.8 cm³/mol. The number of nitrogens with zero attached hydrogens (tertiary/aromatic N) is 1. The Morgan fingerprint density at radius 1 is 1.26 bits per heavy atom. The lowest BCUT2D eigenvalue weighted by atomic mass is 10.1. The van der Waals surface area contributed by atoms with Crippen molar-refractivity contribution < 1.29 is 4.79 Å². The normalized spacial score (nSPS) is 10.6. The molecule has 0 aliphatic rings. The van der Waals surface area contributed by atoms with Crippen LogP contribution in [0.25, 0.3) is 10.8 Å². The summed E-state index contributed by atoms with van der Waals surface area (Å²) >= 11 is 1.60. The molecule has 116 valence electrons. The number of aromatic amines is 1. The fourth-order valence-corrected chi connectivity index (χ4v) is 3.18. The fourth-order valence-electron chi connectivity index (χ4n) is 2.46. The molecule has 4 nitrogen and oxygen atoms in total. The molecular formula is C18H16N2O2S. The maximum absolute atomic E-state index is 12.8. The van der Waals surface area contributed by atoms with Crippen molar-refractivity contribution in [2.24, 2.45) is 0 Å². The number of rotatable bonds is 5. The zero-order valence-electron chi connectivity index (χ0n) is 12.5. The Hall–Kier alpha value is -2.66. The smallest absolute Gasteiger partial charge is 0.270 e. The fraction of sp³-hybridized carbons (Fsp3) is 0.111. The van der Waals surface area contributed by atoms with Gasteiger partial charge in [-0.15, -0.1) is 17.9 Å². The standard InChI is InChI=1S/C18H16N2O2S/c1-2-9-20(12-14-7-5-10-23-14)18(22)16-11-13-6-3-4-8-15(13)17(21)19-16/h2-8,10-11H,1,9,12H2,(H,19,21). The number of thiophene rings is 1. The molecule has 0 fully saturated rings. The Kier molecular flexibility index (Phi) is 4.39. The first-order valence-corrected chi connectivity index (χ1v) is 8.11. The van der Waals surface area contributed by atoms with E-state index in [1.807, 2.05) is 29.6 Å². The topological polar surface area (TPSA) is 53.2 Å². The lowest BCUT2D eigenvalue weighted by Gasteiger charge is -2.20. The predicted octanol–water partition coefficient (Wildman–Crippen LogP) is 3.42. The Balaban J connectivity index is 1.96. The molecule has 0 bridgehead atoms. The first-order valence-electron chi connectivity index (χ1n) is 7.23. The second-order valence-electron chi connectivity index (χ2n) is 5.15. The second-order valence-corrected chi connectivity index (χ2v) is 6.19. The van der Waals surface area contributed by atoms with E-state index in [4.69, 9.17) is 0 Å². The lowest BCUT2D eigenvalue weighted by Crippen LogP contribution is -2.32. The quantitative estimate of drug-likeness (QED) is 0.731. The average Bonchev–Trinajstić information content (AvgIpc) is 3.07. The van der Waals surface area contributed by atoms with Gasteiger partial charge in [-0.05, 0) is 29.0 Å². The summed E-state index contributed by atoms with van der Waals surface area (Å²) in [6, 6.07) is 12.9. The van der Waals surface area contributed by atoms with Gasteiger partial charge in [0.2, 0.25) is 0 Å². The van der Waals surface area contributed by atoms with Gasteiger partial charge < -0.3 is 9.88 Å². The highest BCUT2D eigenvalue weighted by Gasteiger charge is 2.17. The number of carbonyl (C=O) groups is 1. The number of nitrogens with one attached hydrogen (secondary N) is 1. The molecular weight excluding hydrogens is 308 g/mol. The monoisotopic (exact) mass is 324 g/mol. The van der Waals surface area contributed by atoms with Gasteiger partial charge in [-0.3, -0.25) is 9.59 Å². The maximum Gasteiger partial charge on any atom is 0.270 e. The van der Waals surface area contributed by atoms with Crippen LogP contribution in [0.4, 0.5) is 0 Å². The van der Waals surface area contributed by atoms with Crippen molar-refractivity contribution in [3.63, 3.8) is 0 Å². The summed E-state index contributed by atoms with van der Waals surface area (Å²) in [7, 11) is 0. The molecule has 0 aliphatic carbocycles. The molecule has 23 heavy (non-hydrogen) atoms. The summed E-state index contributed by atoms with van der Waals surface area (Å²) in [5.41, 5.74) is 0.0493. The van der Waals surface area contributed by atoms with Crippen molar-refractivity contribution in [2.45, 2.75) is 6.54 Å². The molecule has 0 aliphatic heterocycles. The lowest BCUT2D eigenvalue weighted by molar-refractivity contribution is 0.0758. The van der Waals surface area contributed by atoms with Gasteiger partial charge in [0.15, 0.2) is 0 Å². The maximum atomic E-state index is 12.8. The number of pyridine rings is 1. The minimum atomic E-state index is -0.249. The zero-order chi connectivity index (χ0) is 16.2. The van der Waals surface area contributed by atoms with Gasteiger partial charge in [-0.2, -0.15) is 0 Å². The molecule has 5 heteroatoms. The van der Waals surface area contributed by atoms with Crippen molar-refractivity contribution in [1.29, 1.82) is 0 Å². The van der Waals surface area contributed by atoms with Crippen molar-refractivity contribution in [3.05, 3.63) is 81.4 Å². The largest absolute Gasteiger partial charge is 0.329 e. The van der Waals surface area contributed by atoms with E-state index in [0.29, 0.717) is 24.2 Å². The van der Waals surface area contributed by atoms with Crippen molar-refractivity contribution in [2.75, 3.05) is 6.54 Å². The van der Waals surface area contributed by atoms with Crippen LogP contribution in [0.1, 0.15) is 15.4 Å². The summed E-state index contributed by atoms with van der Waals surface area (Å²) < 4.78 is 0. The molecule has 3 aromatic rings. The third-order valence-electron chi connectivity index (χ3n) is 3.55. The minimum Gasteiger partial charge on any atom is -0.329 e. The SMILES string of the molecule is C=CCN(Cc1cccs1)C(=O)c1cc2ccccc2c(=O)[nH]1. The second kappa shape index (κ2) is 6.62. The Morgan fingerprint density at radius 3 is 2.83 bits per heavy atom. The van der Waals surface area contributed by atoms with E-state index < -0.39 is 0 Å². The third kappa shape index (κ3) is 3.24. The van der Waals surface area contributed by atoms with Gasteiger partial charge in [0.1, 0.15) is 5.69 Å². The summed E-state index contributed by atoms with van der Waals surface area (Å²) in [4.78, 5) is 30.4. The molecule has 0 radical (unpaired) electrons. The van der Waals surface area contributed by atoms with Crippen LogP contribution in [0.3, 0.4) is 0 Å². The van der Waals surface area contributed by atoms with Crippen molar-refractivity contribution in [3.8, 4) is 0 Å². The molecule has 0 unspecified atom stereocenters. The van der Waals surface area contributed by atoms with Crippen LogP contribution in [-0.4, -0.2) is 22.3 Å². The number of benzene rings is 1. The Bertz CT molecular complexity index is 897. The molecule has 0 atom stereocenters. The molecule has 1 N–H and O–H groups in total. The first-order chi connectivity index (χ1) is 11.2. The van der Waals surface area contributed by atoms with E-state index in [-0.39, 0.29) is 11.5 Å². The van der Waals surface area contributed by atoms with Crippen LogP contribution in [0.2, 0.25) is 0 Å². The number of amides is 1. The van der Waals surface area contributed by atoms with Crippen LogP contribution < -0.4 is 5.56 Å². The van der Waals surface area contributed by atoms with Gasteiger partial charge in [0.05, 0.1) is 6.54 Å². The van der Waals surface area contributed by atoms with E-state index in [2.05, 4.69) is 11.6 Å². The number of fused-ring (bicyclic) bond motifs is 1. The number of hydrogen-bond donors (Lipinski definition) is 1. The van der Waals surface area contributed by atoms with Crippen molar-refractivity contribution in [1.82, 2.24) is 9.88 Å². The average molecular weight is 324 g/mol. The molecule has 1 aromatic carbocycles. The van der Waals surface area contributed by atoms with Gasteiger partial charge in [0.25, 0.3) is 11.5 Å². The highest BCUT2D eigenvalue weighted by atomic mass is 32.1. The van der Waals surface area contributed by atoms with Crippen LogP contribution in [0.15, 0.2) is 65.3 Å². The molecule has 0 saturated carbocycles. The molecule has 1 amide bonds. The third-order valence-corrected chi connectivity index (χ3v) is 4.41. The van der Waals surface area contributed by atoms with Gasteiger partial charge >= 0.3 is 0 Å². The van der Waals surface area contributed by atoms with Crippen LogP contribution >= 0.6 is 11.3 Å². The van der Waals surface area contributed by atoms with E-state index >= 15 is 0 Å². The van der Waals surface area contributed by atoms with Gasteiger partial charge in [-0.1, -0.05) is 30.3 Å². The van der Waals surface area contributed by atoms with E-state index in [1.54, 1.807) is 40.5 Å². The Morgan fingerprint density at radius 2 is 2.09 bits per heavy atom. The molecule has 2 heterocycles. The van der Waals surface area contributed by atoms with Gasteiger partial charge in [0, 0.05) is 16.8 Å². The molecule has 0 saturated heterocycles. The number of H-pyrrole nitrogens is 1. The summed E-state index contributed by atoms with van der Waals surface area (Å²) in [6.07, 6.45) is 1.69. The summed E-state index contributed by atoms with van der Waals surface area (Å²) in [5.74, 6) is -0.207. The zero-order valence-corrected chi connectivity index (χ0v) is 13.3. The number of aromatic nitrogens is 1. The summed E-state index contributed by atoms with van der Waals surface area (Å²) in [6.45, 7) is 4.63. The Labute approximate surface area is 137 Å². The van der Waals surface area contributed by atoms with E-state index in [0.717, 1.165) is 10.3 Å². The van der Waals surface area contributed by atoms with Gasteiger partial charge in [-0.25, -0.2) is 0 Å². The summed E-state index contributed by atoms with van der Waals surface area (Å²) in [5, 5.41) is 3.32. The number of carbonyl (C=O) groups excluding carboxylic acids is 1. The number of hydrogen-bond acceptors (Lipinski definition) is 3. The van der Waals surface area contributed by atoms with Crippen molar-refractivity contribution >= 4 is 28.0 Å². The van der Waals surface area contributed by atoms with Crippen LogP contribution in [0, 0.1) is 0 Å².